The second-order valence-corrected chi connectivity index (χ2v) is 15.1. The Kier molecular flexibility index (Phi) is 29.8. The molecule has 1 aromatic rings. The predicted octanol–water partition coefficient (Wildman–Crippen LogP) is 13.4. The topological polar surface area (TPSA) is 80.4 Å². The molecule has 1 amide bonds. The van der Waals surface area contributed by atoms with E-state index in [1.165, 1.54) is 185 Å². The Hall–Kier alpha value is -1.84. The van der Waals surface area contributed by atoms with E-state index in [-0.39, 0.29) is 5.91 Å². The molecule has 0 atom stereocenters. The van der Waals surface area contributed by atoms with Gasteiger partial charge in [0.1, 0.15) is 0 Å². The zero-order valence-corrected chi connectivity index (χ0v) is 32.0. The summed E-state index contributed by atoms with van der Waals surface area (Å²) in [4.78, 5) is 21.3. The molecule has 278 valence electrons. The number of aryl methyl sites for hydroxylation is 2. The molecule has 0 aliphatic heterocycles. The minimum Gasteiger partial charge on any atom is -0.481 e. The number of nitrogens with two attached hydrogens (primary N) is 1. The zero-order chi connectivity index (χ0) is 34.9. The maximum Gasteiger partial charge on any atom is 0.303 e. The fourth-order valence-electron chi connectivity index (χ4n) is 7.30. The summed E-state index contributed by atoms with van der Waals surface area (Å²) in [5.74, 6) is -0.813. The molecular formula is C44H79NO3. The van der Waals surface area contributed by atoms with Crippen LogP contribution in [-0.4, -0.2) is 17.0 Å². The average molecular weight is 670 g/mol. The minimum atomic E-state index is -0.656. The molecule has 48 heavy (non-hydrogen) atoms. The number of amides is 1. The summed E-state index contributed by atoms with van der Waals surface area (Å²) in [6.07, 6.45) is 42.9. The molecule has 0 unspecified atom stereocenters. The number of unbranched alkanes of at least 4 members (excludes halogenated alkanes) is 28. The van der Waals surface area contributed by atoms with Crippen LogP contribution in [0.4, 0.5) is 0 Å². The summed E-state index contributed by atoms with van der Waals surface area (Å²) < 4.78 is 0. The highest BCUT2D eigenvalue weighted by Crippen LogP contribution is 2.24. The average Bonchev–Trinajstić information content (AvgIpc) is 3.06. The molecule has 0 fully saturated rings. The van der Waals surface area contributed by atoms with Crippen molar-refractivity contribution in [3.63, 3.8) is 0 Å². The summed E-state index contributed by atoms with van der Waals surface area (Å²) in [7, 11) is 0. The van der Waals surface area contributed by atoms with Gasteiger partial charge in [0.15, 0.2) is 0 Å². The molecule has 0 saturated carbocycles. The van der Waals surface area contributed by atoms with Crippen LogP contribution in [0.15, 0.2) is 12.1 Å². The molecular weight excluding hydrogens is 590 g/mol. The van der Waals surface area contributed by atoms with Gasteiger partial charge in [-0.15, -0.1) is 0 Å². The van der Waals surface area contributed by atoms with Crippen LogP contribution in [0, 0.1) is 13.8 Å². The monoisotopic (exact) mass is 670 g/mol. The first kappa shape index (κ1) is 44.2. The van der Waals surface area contributed by atoms with Gasteiger partial charge in [0.25, 0.3) is 0 Å². The van der Waals surface area contributed by atoms with Crippen molar-refractivity contribution < 1.29 is 14.7 Å². The van der Waals surface area contributed by atoms with Gasteiger partial charge in [-0.1, -0.05) is 179 Å². The van der Waals surface area contributed by atoms with Crippen molar-refractivity contribution in [1.29, 1.82) is 0 Å². The van der Waals surface area contributed by atoms with Gasteiger partial charge in [-0.25, -0.2) is 0 Å². The number of carbonyl (C=O) groups is 2. The largest absolute Gasteiger partial charge is 0.481 e. The van der Waals surface area contributed by atoms with Crippen LogP contribution in [0.5, 0.6) is 0 Å². The summed E-state index contributed by atoms with van der Waals surface area (Å²) in [5, 5.41) is 8.68. The van der Waals surface area contributed by atoms with Crippen molar-refractivity contribution in [2.24, 2.45) is 5.73 Å². The predicted molar refractivity (Wildman–Crippen MR) is 208 cm³/mol. The molecule has 0 saturated heterocycles. The number of benzene rings is 1. The normalized spacial score (nSPS) is 11.4. The standard InChI is InChI=1S/C44H79NO3/c1-39-37-38-41(33-29-25-21-17-13-9-5-3-8-12-16-20-24-28-32-36-44(47)48)42(40(39)2)34-30-26-22-18-14-10-6-4-7-11-15-19-23-27-31-35-43(45)46/h37-38H,3-36H2,1-2H3,(H2,45,46)(H,47,48). The Morgan fingerprint density at radius 3 is 1.12 bits per heavy atom. The molecule has 4 heteroatoms. The Balaban J connectivity index is 1.99. The van der Waals surface area contributed by atoms with Crippen LogP contribution < -0.4 is 5.73 Å². The second kappa shape index (κ2) is 32.4. The van der Waals surface area contributed by atoms with E-state index in [0.717, 1.165) is 25.7 Å². The summed E-state index contributed by atoms with van der Waals surface area (Å²) >= 11 is 0. The van der Waals surface area contributed by atoms with E-state index in [2.05, 4.69) is 26.0 Å². The smallest absolute Gasteiger partial charge is 0.303 e. The van der Waals surface area contributed by atoms with Gasteiger partial charge in [0, 0.05) is 12.8 Å². The number of rotatable bonds is 36. The van der Waals surface area contributed by atoms with E-state index in [1.54, 1.807) is 16.7 Å². The van der Waals surface area contributed by atoms with Crippen molar-refractivity contribution >= 4 is 11.9 Å². The van der Waals surface area contributed by atoms with Crippen molar-refractivity contribution in [2.45, 2.75) is 232 Å². The summed E-state index contributed by atoms with van der Waals surface area (Å²) in [6, 6.07) is 4.79. The molecule has 1 aromatic carbocycles. The van der Waals surface area contributed by atoms with E-state index in [1.807, 2.05) is 0 Å². The number of carboxylic acid groups (broad SMARTS) is 1. The number of hydrogen-bond donors (Lipinski definition) is 2. The Labute approximate surface area is 298 Å². The van der Waals surface area contributed by atoms with Crippen LogP contribution in [-0.2, 0) is 22.4 Å². The third kappa shape index (κ3) is 27.0. The Morgan fingerprint density at radius 1 is 0.458 bits per heavy atom. The zero-order valence-electron chi connectivity index (χ0n) is 32.0. The molecule has 3 N–H and O–H groups in total. The van der Waals surface area contributed by atoms with E-state index < -0.39 is 5.97 Å². The fraction of sp³-hybridized carbons (Fsp3) is 0.818. The molecule has 0 radical (unpaired) electrons. The quantitative estimate of drug-likeness (QED) is 0.0698. The van der Waals surface area contributed by atoms with Gasteiger partial charge in [-0.2, -0.15) is 0 Å². The number of primary amides is 1. The molecule has 4 nitrogen and oxygen atoms in total. The van der Waals surface area contributed by atoms with Crippen LogP contribution in [0.2, 0.25) is 0 Å². The van der Waals surface area contributed by atoms with E-state index in [9.17, 15) is 9.59 Å². The van der Waals surface area contributed by atoms with Crippen LogP contribution >= 0.6 is 0 Å². The maximum atomic E-state index is 10.8. The van der Waals surface area contributed by atoms with Gasteiger partial charge < -0.3 is 10.8 Å². The van der Waals surface area contributed by atoms with Crippen molar-refractivity contribution in [1.82, 2.24) is 0 Å². The third-order valence-electron chi connectivity index (χ3n) is 10.7. The molecule has 0 spiro atoms. The highest BCUT2D eigenvalue weighted by molar-refractivity contribution is 5.73. The Bertz CT molecular complexity index is 911. The lowest BCUT2D eigenvalue weighted by Crippen LogP contribution is -2.09. The number of hydrogen-bond acceptors (Lipinski definition) is 2. The number of aliphatic carboxylic acids is 1. The van der Waals surface area contributed by atoms with E-state index in [4.69, 9.17) is 10.8 Å². The molecule has 0 aromatic heterocycles. The van der Waals surface area contributed by atoms with Crippen molar-refractivity contribution in [3.8, 4) is 0 Å². The first-order valence-corrected chi connectivity index (χ1v) is 21.0. The summed E-state index contributed by atoms with van der Waals surface area (Å²) in [5.41, 5.74) is 11.5. The highest BCUT2D eigenvalue weighted by Gasteiger charge is 2.08. The van der Waals surface area contributed by atoms with E-state index in [0.29, 0.717) is 12.8 Å². The molecule has 0 aliphatic carbocycles. The molecule has 0 bridgehead atoms. The fourth-order valence-corrected chi connectivity index (χ4v) is 7.30. The third-order valence-corrected chi connectivity index (χ3v) is 10.7. The molecule has 0 heterocycles. The number of carbonyl (C=O) groups excluding carboxylic acids is 1. The van der Waals surface area contributed by atoms with Gasteiger partial charge in [0.05, 0.1) is 0 Å². The van der Waals surface area contributed by atoms with Crippen molar-refractivity contribution in [3.05, 3.63) is 34.4 Å². The highest BCUT2D eigenvalue weighted by atomic mass is 16.4. The van der Waals surface area contributed by atoms with Gasteiger partial charge in [0.2, 0.25) is 5.91 Å². The van der Waals surface area contributed by atoms with Crippen molar-refractivity contribution in [2.75, 3.05) is 0 Å². The van der Waals surface area contributed by atoms with Gasteiger partial charge in [-0.05, 0) is 74.6 Å². The lowest BCUT2D eigenvalue weighted by Gasteiger charge is -2.15. The Morgan fingerprint density at radius 2 is 0.771 bits per heavy atom. The van der Waals surface area contributed by atoms with Crippen LogP contribution in [0.3, 0.4) is 0 Å². The lowest BCUT2D eigenvalue weighted by molar-refractivity contribution is -0.137. The lowest BCUT2D eigenvalue weighted by atomic mass is 9.90. The summed E-state index contributed by atoms with van der Waals surface area (Å²) in [6.45, 7) is 4.64. The first-order valence-electron chi connectivity index (χ1n) is 21.0. The van der Waals surface area contributed by atoms with Gasteiger partial charge in [-0.3, -0.25) is 9.59 Å². The molecule has 0 aliphatic rings. The first-order chi connectivity index (χ1) is 23.4. The molecule has 1 rings (SSSR count). The second-order valence-electron chi connectivity index (χ2n) is 15.1. The minimum absolute atomic E-state index is 0.157. The van der Waals surface area contributed by atoms with E-state index >= 15 is 0 Å². The maximum absolute atomic E-state index is 10.8. The van der Waals surface area contributed by atoms with Crippen LogP contribution in [0.1, 0.15) is 228 Å². The van der Waals surface area contributed by atoms with Crippen LogP contribution in [0.25, 0.3) is 0 Å². The SMILES string of the molecule is Cc1ccc(CCCCCCCCCCCCCCCCCC(=O)O)c(CCCCCCCCCCCCCCCCCC(N)=O)c1C. The number of carboxylic acids is 1. The van der Waals surface area contributed by atoms with Gasteiger partial charge >= 0.3 is 5.97 Å².